The number of esters is 1. The molecular formula is C18H19N3O5S. The summed E-state index contributed by atoms with van der Waals surface area (Å²) in [6, 6.07) is 7.96. The molecule has 1 aliphatic heterocycles. The number of carbonyl (C=O) groups excluding carboxylic acids is 2. The van der Waals surface area contributed by atoms with Crippen LogP contribution in [0.2, 0.25) is 0 Å². The van der Waals surface area contributed by atoms with E-state index in [4.69, 9.17) is 4.74 Å². The fourth-order valence-electron chi connectivity index (χ4n) is 2.82. The van der Waals surface area contributed by atoms with Crippen LogP contribution in [0.1, 0.15) is 27.1 Å². The van der Waals surface area contributed by atoms with Crippen LogP contribution in [-0.2, 0) is 14.6 Å². The van der Waals surface area contributed by atoms with Crippen LogP contribution in [0.3, 0.4) is 0 Å². The van der Waals surface area contributed by atoms with Gasteiger partial charge in [0.25, 0.3) is 5.91 Å². The molecule has 27 heavy (non-hydrogen) atoms. The fourth-order valence-corrected chi connectivity index (χ4v) is 4.49. The molecule has 1 atom stereocenters. The molecule has 3 rings (SSSR count). The maximum Gasteiger partial charge on any atom is 0.337 e. The van der Waals surface area contributed by atoms with E-state index in [-0.39, 0.29) is 23.5 Å². The standard InChI is InChI=1S/C18H19N3O5S/c1-26-18(23)12-3-2-4-14(7-12)20-16-8-13(9-19-10-16)17(22)21-15-5-6-27(24,25)11-15/h2-4,7-10,15,20H,5-6,11H2,1H3,(H,21,22). The minimum absolute atomic E-state index is 0.0373. The fraction of sp³-hybridized carbons (Fsp3) is 0.278. The summed E-state index contributed by atoms with van der Waals surface area (Å²) in [5, 5.41) is 5.81. The van der Waals surface area contributed by atoms with Crippen molar-refractivity contribution in [2.75, 3.05) is 23.9 Å². The number of hydrogen-bond acceptors (Lipinski definition) is 7. The Balaban J connectivity index is 1.70. The molecule has 0 saturated carbocycles. The van der Waals surface area contributed by atoms with Crippen molar-refractivity contribution in [3.63, 3.8) is 0 Å². The second kappa shape index (κ2) is 7.75. The molecule has 1 unspecified atom stereocenters. The zero-order valence-corrected chi connectivity index (χ0v) is 15.5. The minimum Gasteiger partial charge on any atom is -0.465 e. The number of sulfone groups is 1. The molecule has 1 saturated heterocycles. The van der Waals surface area contributed by atoms with Crippen molar-refractivity contribution in [1.29, 1.82) is 0 Å². The quantitative estimate of drug-likeness (QED) is 0.745. The van der Waals surface area contributed by atoms with Crippen molar-refractivity contribution >= 4 is 33.1 Å². The lowest BCUT2D eigenvalue weighted by Gasteiger charge is -2.12. The summed E-state index contributed by atoms with van der Waals surface area (Å²) < 4.78 is 27.7. The highest BCUT2D eigenvalue weighted by Crippen LogP contribution is 2.19. The van der Waals surface area contributed by atoms with Crippen molar-refractivity contribution in [2.45, 2.75) is 12.5 Å². The molecule has 2 N–H and O–H groups in total. The molecule has 1 aromatic heterocycles. The van der Waals surface area contributed by atoms with Crippen molar-refractivity contribution in [2.24, 2.45) is 0 Å². The van der Waals surface area contributed by atoms with Gasteiger partial charge in [0.1, 0.15) is 0 Å². The lowest BCUT2D eigenvalue weighted by molar-refractivity contribution is 0.0600. The van der Waals surface area contributed by atoms with Crippen molar-refractivity contribution < 1.29 is 22.7 Å². The Labute approximate surface area is 156 Å². The van der Waals surface area contributed by atoms with Gasteiger partial charge < -0.3 is 15.4 Å². The number of amides is 1. The largest absolute Gasteiger partial charge is 0.465 e. The smallest absolute Gasteiger partial charge is 0.337 e. The van der Waals surface area contributed by atoms with Crippen molar-refractivity contribution in [3.05, 3.63) is 53.9 Å². The second-order valence-corrected chi connectivity index (χ2v) is 8.46. The summed E-state index contributed by atoms with van der Waals surface area (Å²) in [5.74, 6) is -0.772. The van der Waals surface area contributed by atoms with E-state index in [0.717, 1.165) is 0 Å². The number of nitrogens with zero attached hydrogens (tertiary/aromatic N) is 1. The van der Waals surface area contributed by atoms with E-state index in [2.05, 4.69) is 15.6 Å². The first-order valence-electron chi connectivity index (χ1n) is 8.28. The third-order valence-corrected chi connectivity index (χ3v) is 5.91. The summed E-state index contributed by atoms with van der Waals surface area (Å²) in [4.78, 5) is 28.0. The van der Waals surface area contributed by atoms with Gasteiger partial charge in [0.05, 0.1) is 41.6 Å². The number of ether oxygens (including phenoxy) is 1. The van der Waals surface area contributed by atoms with Crippen LogP contribution < -0.4 is 10.6 Å². The van der Waals surface area contributed by atoms with Gasteiger partial charge in [-0.3, -0.25) is 9.78 Å². The Morgan fingerprint density at radius 2 is 1.93 bits per heavy atom. The molecule has 0 radical (unpaired) electrons. The van der Waals surface area contributed by atoms with Crippen molar-refractivity contribution in [1.82, 2.24) is 10.3 Å². The van der Waals surface area contributed by atoms with Crippen LogP contribution in [0.5, 0.6) is 0 Å². The first-order chi connectivity index (χ1) is 12.9. The molecule has 0 aliphatic carbocycles. The SMILES string of the molecule is COC(=O)c1cccc(Nc2cncc(C(=O)NC3CCS(=O)(=O)C3)c2)c1. The number of hydrogen-bond donors (Lipinski definition) is 2. The van der Waals surface area contributed by atoms with Gasteiger partial charge in [0.15, 0.2) is 9.84 Å². The molecule has 0 bridgehead atoms. The molecule has 9 heteroatoms. The van der Waals surface area contributed by atoms with E-state index in [0.29, 0.717) is 28.9 Å². The van der Waals surface area contributed by atoms with E-state index < -0.39 is 15.8 Å². The van der Waals surface area contributed by atoms with Gasteiger partial charge in [0, 0.05) is 17.9 Å². The zero-order chi connectivity index (χ0) is 19.4. The topological polar surface area (TPSA) is 114 Å². The number of rotatable bonds is 5. The Kier molecular flexibility index (Phi) is 5.41. The second-order valence-electron chi connectivity index (χ2n) is 6.23. The van der Waals surface area contributed by atoms with Crippen LogP contribution >= 0.6 is 0 Å². The van der Waals surface area contributed by atoms with Gasteiger partial charge in [-0.1, -0.05) is 6.07 Å². The predicted octanol–water partition coefficient (Wildman–Crippen LogP) is 1.53. The van der Waals surface area contributed by atoms with Gasteiger partial charge >= 0.3 is 5.97 Å². The number of carbonyl (C=O) groups is 2. The van der Waals surface area contributed by atoms with Gasteiger partial charge in [-0.25, -0.2) is 13.2 Å². The number of nitrogens with one attached hydrogen (secondary N) is 2. The number of aromatic nitrogens is 1. The molecule has 142 valence electrons. The predicted molar refractivity (Wildman–Crippen MR) is 99.8 cm³/mol. The number of benzene rings is 1. The number of methoxy groups -OCH3 is 1. The summed E-state index contributed by atoms with van der Waals surface area (Å²) in [6.45, 7) is 0. The maximum atomic E-state index is 12.4. The first-order valence-corrected chi connectivity index (χ1v) is 10.1. The lowest BCUT2D eigenvalue weighted by atomic mass is 10.2. The van der Waals surface area contributed by atoms with E-state index in [1.54, 1.807) is 36.5 Å². The molecule has 8 nitrogen and oxygen atoms in total. The van der Waals surface area contributed by atoms with Crippen LogP contribution in [0.4, 0.5) is 11.4 Å². The van der Waals surface area contributed by atoms with Gasteiger partial charge in [-0.05, 0) is 30.7 Å². The highest BCUT2D eigenvalue weighted by atomic mass is 32.2. The molecule has 2 heterocycles. The Bertz CT molecular complexity index is 974. The summed E-state index contributed by atoms with van der Waals surface area (Å²) in [7, 11) is -1.76. The molecule has 1 aromatic carbocycles. The zero-order valence-electron chi connectivity index (χ0n) is 14.6. The third kappa shape index (κ3) is 4.82. The average molecular weight is 389 g/mol. The van der Waals surface area contributed by atoms with Gasteiger partial charge in [0.2, 0.25) is 0 Å². The monoisotopic (exact) mass is 389 g/mol. The molecule has 1 aliphatic rings. The molecule has 2 aromatic rings. The van der Waals surface area contributed by atoms with Crippen LogP contribution in [0.15, 0.2) is 42.7 Å². The summed E-state index contributed by atoms with van der Waals surface area (Å²) >= 11 is 0. The van der Waals surface area contributed by atoms with E-state index >= 15 is 0 Å². The molecule has 1 fully saturated rings. The molecule has 1 amide bonds. The normalized spacial score (nSPS) is 17.9. The number of anilines is 2. The first kappa shape index (κ1) is 18.8. The minimum atomic E-state index is -3.07. The Morgan fingerprint density at radius 1 is 1.15 bits per heavy atom. The maximum absolute atomic E-state index is 12.4. The number of pyridine rings is 1. The average Bonchev–Trinajstić information content (AvgIpc) is 2.99. The Morgan fingerprint density at radius 3 is 2.63 bits per heavy atom. The van der Waals surface area contributed by atoms with Crippen LogP contribution in [0.25, 0.3) is 0 Å². The van der Waals surface area contributed by atoms with Crippen LogP contribution in [-0.4, -0.2) is 49.9 Å². The highest BCUT2D eigenvalue weighted by Gasteiger charge is 2.29. The molecule has 0 spiro atoms. The van der Waals surface area contributed by atoms with E-state index in [1.165, 1.54) is 13.3 Å². The lowest BCUT2D eigenvalue weighted by Crippen LogP contribution is -2.35. The third-order valence-electron chi connectivity index (χ3n) is 4.14. The summed E-state index contributed by atoms with van der Waals surface area (Å²) in [6.07, 6.45) is 3.37. The summed E-state index contributed by atoms with van der Waals surface area (Å²) in [5.41, 5.74) is 1.91. The van der Waals surface area contributed by atoms with Crippen LogP contribution in [0, 0.1) is 0 Å². The highest BCUT2D eigenvalue weighted by molar-refractivity contribution is 7.91. The van der Waals surface area contributed by atoms with Gasteiger partial charge in [-0.15, -0.1) is 0 Å². The molecular weight excluding hydrogens is 370 g/mol. The Hall–Kier alpha value is -2.94. The van der Waals surface area contributed by atoms with Crippen molar-refractivity contribution in [3.8, 4) is 0 Å². The van der Waals surface area contributed by atoms with Gasteiger partial charge in [-0.2, -0.15) is 0 Å². The van der Waals surface area contributed by atoms with E-state index in [9.17, 15) is 18.0 Å². The van der Waals surface area contributed by atoms with E-state index in [1.807, 2.05) is 0 Å².